The Morgan fingerprint density at radius 3 is 2.62 bits per heavy atom. The van der Waals surface area contributed by atoms with E-state index in [1.54, 1.807) is 10.7 Å². The molecule has 2 aromatic heterocycles. The van der Waals surface area contributed by atoms with Crippen LogP contribution in [-0.4, -0.2) is 19.7 Å². The fraction of sp³-hybridized carbons (Fsp3) is 0. The molecule has 3 rings (SSSR count). The minimum Gasteiger partial charge on any atom is -0.478 e. The predicted octanol–water partition coefficient (Wildman–Crippen LogP) is 2.10. The molecule has 0 saturated carbocycles. The van der Waals surface area contributed by atoms with Crippen LogP contribution in [0.2, 0.25) is 0 Å². The van der Waals surface area contributed by atoms with Crippen LogP contribution in [0.25, 0.3) is 16.8 Å². The maximum atomic E-state index is 9.28. The molecule has 1 aromatic carbocycles. The van der Waals surface area contributed by atoms with Crippen molar-refractivity contribution in [1.82, 2.24) is 14.6 Å². The van der Waals surface area contributed by atoms with E-state index in [2.05, 4.69) is 10.1 Å². The van der Waals surface area contributed by atoms with Crippen molar-refractivity contribution < 1.29 is 5.11 Å². The summed E-state index contributed by atoms with van der Waals surface area (Å²) in [4.78, 5) is 3.74. The number of fused-ring (bicyclic) bond motifs is 1. The molecule has 2 heterocycles. The molecule has 0 spiro atoms. The van der Waals surface area contributed by atoms with Crippen molar-refractivity contribution in [2.24, 2.45) is 0 Å². The van der Waals surface area contributed by atoms with E-state index < -0.39 is 0 Å². The highest BCUT2D eigenvalue weighted by Crippen LogP contribution is 2.21. The third kappa shape index (κ3) is 1.32. The van der Waals surface area contributed by atoms with E-state index in [0.717, 1.165) is 16.8 Å². The number of aromatic nitrogens is 3. The zero-order chi connectivity index (χ0) is 11.0. The highest BCUT2D eigenvalue weighted by molar-refractivity contribution is 5.65. The number of rotatable bonds is 1. The monoisotopic (exact) mass is 211 g/mol. The summed E-state index contributed by atoms with van der Waals surface area (Å²) >= 11 is 0. The van der Waals surface area contributed by atoms with E-state index in [0.29, 0.717) is 0 Å². The third-order valence-electron chi connectivity index (χ3n) is 2.46. The first-order valence-electron chi connectivity index (χ1n) is 4.94. The largest absolute Gasteiger partial charge is 0.478 e. The van der Waals surface area contributed by atoms with Gasteiger partial charge in [-0.3, -0.25) is 0 Å². The molecule has 4 nitrogen and oxygen atoms in total. The lowest BCUT2D eigenvalue weighted by Gasteiger charge is -2.01. The molecule has 0 aliphatic rings. The lowest BCUT2D eigenvalue weighted by Crippen LogP contribution is -1.94. The molecule has 0 amide bonds. The Bertz CT molecular complexity index is 631. The Morgan fingerprint density at radius 2 is 1.81 bits per heavy atom. The fourth-order valence-electron chi connectivity index (χ4n) is 1.72. The van der Waals surface area contributed by atoms with Gasteiger partial charge in [0.2, 0.25) is 0 Å². The van der Waals surface area contributed by atoms with Gasteiger partial charge in [-0.25, -0.2) is 9.50 Å². The number of hydrogen-bond acceptors (Lipinski definition) is 3. The van der Waals surface area contributed by atoms with Crippen LogP contribution in [0.4, 0.5) is 0 Å². The molecule has 0 bridgehead atoms. The topological polar surface area (TPSA) is 50.4 Å². The van der Waals surface area contributed by atoms with Gasteiger partial charge in [-0.15, -0.1) is 5.10 Å². The first-order chi connectivity index (χ1) is 7.84. The Balaban J connectivity index is 2.29. The molecule has 4 heteroatoms. The summed E-state index contributed by atoms with van der Waals surface area (Å²) in [5, 5.41) is 13.3. The quantitative estimate of drug-likeness (QED) is 0.670. The van der Waals surface area contributed by atoms with Gasteiger partial charge in [0.15, 0.2) is 0 Å². The zero-order valence-electron chi connectivity index (χ0n) is 8.41. The molecule has 0 radical (unpaired) electrons. The maximum absolute atomic E-state index is 9.28. The van der Waals surface area contributed by atoms with Crippen molar-refractivity contribution in [3.05, 3.63) is 48.7 Å². The molecule has 78 valence electrons. The molecular weight excluding hydrogens is 202 g/mol. The summed E-state index contributed by atoms with van der Waals surface area (Å²) in [5.74, 6) is 0. The van der Waals surface area contributed by atoms with E-state index in [1.807, 2.05) is 42.5 Å². The maximum Gasteiger partial charge on any atom is 0.331 e. The summed E-state index contributed by atoms with van der Waals surface area (Å²) < 4.78 is 1.68. The number of nitrogens with zero attached hydrogens (tertiary/aromatic N) is 3. The highest BCUT2D eigenvalue weighted by atomic mass is 16.3. The van der Waals surface area contributed by atoms with Gasteiger partial charge in [-0.2, -0.15) is 0 Å². The van der Waals surface area contributed by atoms with Crippen molar-refractivity contribution in [2.45, 2.75) is 0 Å². The zero-order valence-corrected chi connectivity index (χ0v) is 8.41. The molecule has 0 unspecified atom stereocenters. The smallest absolute Gasteiger partial charge is 0.331 e. The Labute approximate surface area is 91.8 Å². The molecule has 0 atom stereocenters. The number of hydrogen-bond donors (Lipinski definition) is 1. The van der Waals surface area contributed by atoms with Crippen LogP contribution in [0.3, 0.4) is 0 Å². The summed E-state index contributed by atoms with van der Waals surface area (Å²) in [5.41, 5.74) is 2.85. The minimum atomic E-state index is -0.221. The molecule has 0 saturated heterocycles. The van der Waals surface area contributed by atoms with E-state index in [9.17, 15) is 5.11 Å². The molecule has 0 aliphatic heterocycles. The van der Waals surface area contributed by atoms with Crippen LogP contribution in [0.15, 0.2) is 48.7 Å². The highest BCUT2D eigenvalue weighted by Gasteiger charge is 2.05. The first-order valence-corrected chi connectivity index (χ1v) is 4.94. The summed E-state index contributed by atoms with van der Waals surface area (Å²) in [6.07, 6.45) is 1.59. The van der Waals surface area contributed by atoms with E-state index in [1.165, 1.54) is 0 Å². The van der Waals surface area contributed by atoms with Gasteiger partial charge in [0.25, 0.3) is 0 Å². The molecule has 1 N–H and O–H groups in total. The molecule has 16 heavy (non-hydrogen) atoms. The van der Waals surface area contributed by atoms with Crippen LogP contribution in [0.1, 0.15) is 0 Å². The van der Waals surface area contributed by atoms with Crippen LogP contribution < -0.4 is 0 Å². The molecular formula is C12H9N3O. The predicted molar refractivity (Wildman–Crippen MR) is 60.1 cm³/mol. The molecule has 0 aliphatic carbocycles. The van der Waals surface area contributed by atoms with E-state index in [4.69, 9.17) is 0 Å². The molecule has 0 fully saturated rings. The van der Waals surface area contributed by atoms with Gasteiger partial charge in [-0.05, 0) is 12.1 Å². The van der Waals surface area contributed by atoms with Gasteiger partial charge in [-0.1, -0.05) is 30.3 Å². The average Bonchev–Trinajstić information content (AvgIpc) is 2.73. The summed E-state index contributed by atoms with van der Waals surface area (Å²) in [6.45, 7) is 0. The first kappa shape index (κ1) is 8.91. The number of benzene rings is 1. The Morgan fingerprint density at radius 1 is 1.00 bits per heavy atom. The van der Waals surface area contributed by atoms with Crippen LogP contribution in [-0.2, 0) is 0 Å². The lowest BCUT2D eigenvalue weighted by molar-refractivity contribution is 0.419. The van der Waals surface area contributed by atoms with Crippen molar-refractivity contribution in [1.29, 1.82) is 0 Å². The number of aromatic hydroxyl groups is 1. The summed E-state index contributed by atoms with van der Waals surface area (Å²) in [7, 11) is 0. The van der Waals surface area contributed by atoms with Crippen LogP contribution in [0.5, 0.6) is 6.01 Å². The van der Waals surface area contributed by atoms with Crippen molar-refractivity contribution in [2.75, 3.05) is 0 Å². The third-order valence-corrected chi connectivity index (χ3v) is 2.46. The Kier molecular flexibility index (Phi) is 1.86. The molecule has 3 aromatic rings. The normalized spacial score (nSPS) is 10.8. The minimum absolute atomic E-state index is 0.221. The van der Waals surface area contributed by atoms with Crippen LogP contribution >= 0.6 is 0 Å². The second kappa shape index (κ2) is 3.34. The SMILES string of the molecule is Oc1ncc2ccc(-c3ccccc3)n2n1. The Hall–Kier alpha value is -2.36. The van der Waals surface area contributed by atoms with Gasteiger partial charge >= 0.3 is 6.01 Å². The van der Waals surface area contributed by atoms with Gasteiger partial charge < -0.3 is 5.11 Å². The average molecular weight is 211 g/mol. The van der Waals surface area contributed by atoms with Crippen molar-refractivity contribution in [3.63, 3.8) is 0 Å². The fourth-order valence-corrected chi connectivity index (χ4v) is 1.72. The van der Waals surface area contributed by atoms with Gasteiger partial charge in [0.1, 0.15) is 0 Å². The summed E-state index contributed by atoms with van der Waals surface area (Å²) in [6, 6.07) is 13.6. The lowest BCUT2D eigenvalue weighted by atomic mass is 10.2. The second-order valence-corrected chi connectivity index (χ2v) is 3.48. The second-order valence-electron chi connectivity index (χ2n) is 3.48. The van der Waals surface area contributed by atoms with Crippen LogP contribution in [0, 0.1) is 0 Å². The van der Waals surface area contributed by atoms with E-state index >= 15 is 0 Å². The van der Waals surface area contributed by atoms with Gasteiger partial charge in [0.05, 0.1) is 17.4 Å². The van der Waals surface area contributed by atoms with Crippen molar-refractivity contribution >= 4 is 5.52 Å². The van der Waals surface area contributed by atoms with Gasteiger partial charge in [0, 0.05) is 5.56 Å². The van der Waals surface area contributed by atoms with Crippen molar-refractivity contribution in [3.8, 4) is 17.3 Å². The standard InChI is InChI=1S/C12H9N3O/c16-12-13-8-10-6-7-11(15(10)14-12)9-4-2-1-3-5-9/h1-8H,(H,14,16). The van der Waals surface area contributed by atoms with E-state index in [-0.39, 0.29) is 6.01 Å².